The minimum atomic E-state index is -0.446. The molecule has 3 nitrogen and oxygen atoms in total. The third-order valence-electron chi connectivity index (χ3n) is 2.85. The number of fused-ring (bicyclic) bond motifs is 1. The van der Waals surface area contributed by atoms with Crippen molar-refractivity contribution >= 4 is 23.1 Å². The first-order valence-electron chi connectivity index (χ1n) is 5.36. The third-order valence-corrected chi connectivity index (χ3v) is 5.00. The summed E-state index contributed by atoms with van der Waals surface area (Å²) in [5.41, 5.74) is 0.710. The molecule has 0 aliphatic carbocycles. The van der Waals surface area contributed by atoms with Crippen LogP contribution in [-0.2, 0) is 0 Å². The number of thioether (sulfide) groups is 1. The second-order valence-electron chi connectivity index (χ2n) is 3.98. The maximum Gasteiger partial charge on any atom is 0.305 e. The largest absolute Gasteiger partial charge is 0.382 e. The number of benzene rings is 1. The maximum atomic E-state index is 11.4. The lowest BCUT2D eigenvalue weighted by Crippen LogP contribution is -2.15. The highest BCUT2D eigenvalue weighted by atomic mass is 32.2. The van der Waals surface area contributed by atoms with Gasteiger partial charge in [-0.15, -0.1) is 0 Å². The van der Waals surface area contributed by atoms with Gasteiger partial charge in [0.25, 0.3) is 0 Å². The number of aromatic nitrogens is 1. The summed E-state index contributed by atoms with van der Waals surface area (Å²) >= 11 is 2.59. The number of aliphatic hydroxyl groups excluding tert-OH is 1. The normalized spacial score (nSPS) is 23.4. The van der Waals surface area contributed by atoms with Gasteiger partial charge < -0.3 is 10.1 Å². The van der Waals surface area contributed by atoms with Gasteiger partial charge in [-0.2, -0.15) is 0 Å². The highest BCUT2D eigenvalue weighted by Crippen LogP contribution is 2.44. The molecule has 0 fully saturated rings. The quantitative estimate of drug-likeness (QED) is 0.832. The van der Waals surface area contributed by atoms with Crippen LogP contribution in [0.2, 0.25) is 0 Å². The van der Waals surface area contributed by atoms with Gasteiger partial charge in [-0.1, -0.05) is 53.4 Å². The van der Waals surface area contributed by atoms with E-state index >= 15 is 0 Å². The van der Waals surface area contributed by atoms with E-state index in [1.54, 1.807) is 0 Å². The van der Waals surface area contributed by atoms with E-state index in [0.29, 0.717) is 6.42 Å². The van der Waals surface area contributed by atoms with Crippen molar-refractivity contribution in [1.29, 1.82) is 0 Å². The molecule has 0 amide bonds. The molecule has 0 saturated heterocycles. The second-order valence-corrected chi connectivity index (χ2v) is 6.18. The Hall–Kier alpha value is -1.04. The van der Waals surface area contributed by atoms with Crippen molar-refractivity contribution < 1.29 is 5.11 Å². The van der Waals surface area contributed by atoms with Crippen LogP contribution in [0.25, 0.3) is 0 Å². The fourth-order valence-corrected chi connectivity index (χ4v) is 4.28. The average molecular weight is 265 g/mol. The lowest BCUT2D eigenvalue weighted by atomic mass is 9.94. The van der Waals surface area contributed by atoms with Gasteiger partial charge in [-0.05, 0) is 12.0 Å². The van der Waals surface area contributed by atoms with Gasteiger partial charge in [0.05, 0.1) is 5.03 Å². The molecular formula is C12H11NO2S2. The minimum absolute atomic E-state index is 0.0440. The van der Waals surface area contributed by atoms with Crippen LogP contribution < -0.4 is 4.87 Å². The van der Waals surface area contributed by atoms with Crippen molar-refractivity contribution in [1.82, 2.24) is 4.98 Å². The number of hydrogen-bond acceptors (Lipinski definition) is 4. The van der Waals surface area contributed by atoms with E-state index in [2.05, 4.69) is 4.98 Å². The predicted molar refractivity (Wildman–Crippen MR) is 69.7 cm³/mol. The van der Waals surface area contributed by atoms with Gasteiger partial charge in [0.15, 0.2) is 0 Å². The summed E-state index contributed by atoms with van der Waals surface area (Å²) < 4.78 is 0. The Morgan fingerprint density at radius 2 is 2.06 bits per heavy atom. The molecule has 1 aliphatic rings. The summed E-state index contributed by atoms with van der Waals surface area (Å²) in [6, 6.07) is 10.0. The smallest absolute Gasteiger partial charge is 0.305 e. The number of rotatable bonds is 1. The molecule has 3 rings (SSSR count). The number of nitrogens with one attached hydrogen (secondary N) is 1. The van der Waals surface area contributed by atoms with E-state index in [0.717, 1.165) is 15.5 Å². The van der Waals surface area contributed by atoms with Gasteiger partial charge >= 0.3 is 4.87 Å². The molecule has 2 N–H and O–H groups in total. The second kappa shape index (κ2) is 4.33. The molecule has 0 unspecified atom stereocenters. The van der Waals surface area contributed by atoms with Crippen LogP contribution >= 0.6 is 23.1 Å². The lowest BCUT2D eigenvalue weighted by molar-refractivity contribution is 0.243. The highest BCUT2D eigenvalue weighted by Gasteiger charge is 2.30. The van der Waals surface area contributed by atoms with E-state index in [1.165, 1.54) is 23.1 Å². The zero-order valence-electron chi connectivity index (χ0n) is 8.92. The van der Waals surface area contributed by atoms with Gasteiger partial charge in [0.2, 0.25) is 0 Å². The molecule has 2 atom stereocenters. The Bertz CT molecular complexity index is 576. The van der Waals surface area contributed by atoms with E-state index < -0.39 is 5.44 Å². The van der Waals surface area contributed by atoms with Gasteiger partial charge in [-0.25, -0.2) is 0 Å². The van der Waals surface area contributed by atoms with Crippen molar-refractivity contribution in [2.75, 3.05) is 0 Å². The topological polar surface area (TPSA) is 53.1 Å². The van der Waals surface area contributed by atoms with Crippen molar-refractivity contribution in [2.24, 2.45) is 0 Å². The van der Waals surface area contributed by atoms with Crippen molar-refractivity contribution in [3.63, 3.8) is 0 Å². The first-order valence-corrected chi connectivity index (χ1v) is 7.06. The zero-order valence-corrected chi connectivity index (χ0v) is 10.6. The van der Waals surface area contributed by atoms with Gasteiger partial charge in [0, 0.05) is 10.8 Å². The molecule has 1 aliphatic heterocycles. The number of H-pyrrole nitrogens is 1. The van der Waals surface area contributed by atoms with Crippen molar-refractivity contribution in [3.8, 4) is 0 Å². The Morgan fingerprint density at radius 3 is 2.82 bits per heavy atom. The molecular weight excluding hydrogens is 254 g/mol. The summed E-state index contributed by atoms with van der Waals surface area (Å²) in [5.74, 6) is 0.131. The molecule has 2 aromatic rings. The Kier molecular flexibility index (Phi) is 2.82. The van der Waals surface area contributed by atoms with Gasteiger partial charge in [0.1, 0.15) is 5.44 Å². The lowest BCUT2D eigenvalue weighted by Gasteiger charge is -2.25. The number of thiazole rings is 1. The predicted octanol–water partition coefficient (Wildman–Crippen LogP) is 2.38. The van der Waals surface area contributed by atoms with E-state index in [4.69, 9.17) is 0 Å². The summed E-state index contributed by atoms with van der Waals surface area (Å²) in [4.78, 5) is 15.2. The van der Waals surface area contributed by atoms with Crippen LogP contribution in [0, 0.1) is 0 Å². The first-order chi connectivity index (χ1) is 8.24. The molecule has 5 heteroatoms. The molecule has 0 spiro atoms. The zero-order chi connectivity index (χ0) is 11.8. The van der Waals surface area contributed by atoms with E-state index in [9.17, 15) is 9.90 Å². The third kappa shape index (κ3) is 2.06. The molecule has 0 saturated carbocycles. The molecule has 1 aromatic heterocycles. The fourth-order valence-electron chi connectivity index (χ4n) is 2.11. The number of aliphatic hydroxyl groups is 1. The summed E-state index contributed by atoms with van der Waals surface area (Å²) in [5, 5.41) is 10.7. The monoisotopic (exact) mass is 265 g/mol. The van der Waals surface area contributed by atoms with E-state index in [-0.39, 0.29) is 10.8 Å². The maximum absolute atomic E-state index is 11.4. The molecule has 0 bridgehead atoms. The fraction of sp³-hybridized carbons (Fsp3) is 0.250. The Balaban J connectivity index is 2.09. The van der Waals surface area contributed by atoms with Crippen LogP contribution in [0.1, 0.15) is 22.8 Å². The highest BCUT2D eigenvalue weighted by molar-refractivity contribution is 7.99. The number of aromatic amines is 1. The summed E-state index contributed by atoms with van der Waals surface area (Å²) in [6.07, 6.45) is 0.662. The van der Waals surface area contributed by atoms with Crippen LogP contribution in [-0.4, -0.2) is 15.5 Å². The molecule has 0 radical (unpaired) electrons. The van der Waals surface area contributed by atoms with Crippen molar-refractivity contribution in [3.05, 3.63) is 50.4 Å². The first kappa shape index (κ1) is 11.1. The minimum Gasteiger partial charge on any atom is -0.382 e. The Labute approximate surface area is 107 Å². The molecule has 2 heterocycles. The molecule has 1 aromatic carbocycles. The van der Waals surface area contributed by atoms with Crippen LogP contribution in [0.15, 0.2) is 40.2 Å². The average Bonchev–Trinajstić information content (AvgIpc) is 2.69. The molecule has 88 valence electrons. The standard InChI is InChI=1S/C12H11NO2S2/c14-9-6-8(7-4-2-1-3-5-7)10-11(16-9)13-12(15)17-10/h1-5,8-9,14H,6H2,(H,13,15)/t8-,9-/m0/s1. The number of hydrogen-bond donors (Lipinski definition) is 2. The van der Waals surface area contributed by atoms with Crippen LogP contribution in [0.4, 0.5) is 0 Å². The Morgan fingerprint density at radius 1 is 1.29 bits per heavy atom. The summed E-state index contributed by atoms with van der Waals surface area (Å²) in [7, 11) is 0. The van der Waals surface area contributed by atoms with Gasteiger partial charge in [-0.3, -0.25) is 4.79 Å². The van der Waals surface area contributed by atoms with Crippen molar-refractivity contribution in [2.45, 2.75) is 22.8 Å². The van der Waals surface area contributed by atoms with Crippen LogP contribution in [0.3, 0.4) is 0 Å². The summed E-state index contributed by atoms with van der Waals surface area (Å²) in [6.45, 7) is 0. The van der Waals surface area contributed by atoms with E-state index in [1.807, 2.05) is 30.3 Å². The van der Waals surface area contributed by atoms with Crippen LogP contribution in [0.5, 0.6) is 0 Å². The SMILES string of the molecule is O=c1[nH]c2c(s1)[C@H](c1ccccc1)C[C@@H](O)S2. The molecule has 17 heavy (non-hydrogen) atoms.